The molecule has 1 rings (SSSR count). The van der Waals surface area contributed by atoms with Crippen molar-refractivity contribution in [3.05, 3.63) is 30.6 Å². The second-order valence-electron chi connectivity index (χ2n) is 8.69. The van der Waals surface area contributed by atoms with Crippen LogP contribution in [0.5, 0.6) is 0 Å². The minimum atomic E-state index is -4.30. The average Bonchev–Trinajstić information content (AvgIpc) is 2.83. The number of phosphoric acid groups is 1. The number of phosphoric ester groups is 1. The third kappa shape index (κ3) is 20.5. The first-order valence-electron chi connectivity index (χ1n) is 13.3. The summed E-state index contributed by atoms with van der Waals surface area (Å²) in [5.41, 5.74) is 0. The van der Waals surface area contributed by atoms with Gasteiger partial charge >= 0.3 is 0 Å². The highest BCUT2D eigenvalue weighted by Crippen LogP contribution is 2.37. The van der Waals surface area contributed by atoms with Crippen LogP contribution >= 0.6 is 7.82 Å². The van der Waals surface area contributed by atoms with Gasteiger partial charge in [-0.2, -0.15) is 0 Å². The van der Waals surface area contributed by atoms with Crippen molar-refractivity contribution in [3.8, 4) is 0 Å². The number of aromatic nitrogens is 1. The average molecular weight is 502 g/mol. The first-order chi connectivity index (χ1) is 16.6. The van der Waals surface area contributed by atoms with E-state index in [1.54, 1.807) is 0 Å². The third-order valence-corrected chi connectivity index (χ3v) is 6.62. The minimum Gasteiger partial charge on any atom is -0.756 e. The predicted octanol–water partition coefficient (Wildman–Crippen LogP) is 5.60. The lowest BCUT2D eigenvalue weighted by atomic mass is 10.0. The van der Waals surface area contributed by atoms with E-state index in [1.165, 1.54) is 77.0 Å². The zero-order valence-electron chi connectivity index (χ0n) is 21.4. The molecule has 1 atom stereocenters. The van der Waals surface area contributed by atoms with E-state index < -0.39 is 7.82 Å². The van der Waals surface area contributed by atoms with Gasteiger partial charge in [0.2, 0.25) is 0 Å². The van der Waals surface area contributed by atoms with Gasteiger partial charge in [-0.1, -0.05) is 90.0 Å². The molecule has 0 aromatic carbocycles. The highest BCUT2D eigenvalue weighted by atomic mass is 31.2. The van der Waals surface area contributed by atoms with Crippen molar-refractivity contribution in [2.45, 2.75) is 96.9 Å². The maximum absolute atomic E-state index is 11.7. The Morgan fingerprint density at radius 3 is 1.68 bits per heavy atom. The Morgan fingerprint density at radius 2 is 1.09 bits per heavy atom. The smallest absolute Gasteiger partial charge is 0.268 e. The first kappa shape index (κ1) is 31.2. The van der Waals surface area contributed by atoms with E-state index in [-0.39, 0.29) is 19.8 Å². The number of ether oxygens (including phenoxy) is 2. The minimum absolute atomic E-state index is 0.0311. The molecule has 0 bridgehead atoms. The summed E-state index contributed by atoms with van der Waals surface area (Å²) in [6.07, 6.45) is 21.1. The molecule has 1 aromatic heterocycles. The molecule has 0 aliphatic carbocycles. The summed E-state index contributed by atoms with van der Waals surface area (Å²) >= 11 is 0. The molecule has 1 unspecified atom stereocenters. The normalized spacial score (nSPS) is 13.2. The lowest BCUT2D eigenvalue weighted by Crippen LogP contribution is -2.34. The Morgan fingerprint density at radius 1 is 0.618 bits per heavy atom. The second-order valence-corrected chi connectivity index (χ2v) is 10.1. The SMILES string of the molecule is CCCCCCCCCCCCCCCOCCOCCOP(=O)([O-])OCC[n+]1ccccc1. The van der Waals surface area contributed by atoms with Gasteiger partial charge < -0.3 is 23.4 Å². The third-order valence-electron chi connectivity index (χ3n) is 5.62. The highest BCUT2D eigenvalue weighted by Gasteiger charge is 2.10. The summed E-state index contributed by atoms with van der Waals surface area (Å²) in [6, 6.07) is 5.63. The molecule has 0 N–H and O–H groups in total. The van der Waals surface area contributed by atoms with Crippen LogP contribution in [-0.2, 0) is 29.6 Å². The van der Waals surface area contributed by atoms with Gasteiger partial charge in [-0.05, 0) is 6.42 Å². The maximum atomic E-state index is 11.7. The van der Waals surface area contributed by atoms with Gasteiger partial charge in [-0.3, -0.25) is 4.57 Å². The summed E-state index contributed by atoms with van der Waals surface area (Å²) < 4.78 is 34.1. The van der Waals surface area contributed by atoms with Crippen molar-refractivity contribution in [1.82, 2.24) is 0 Å². The molecule has 0 aliphatic heterocycles. The van der Waals surface area contributed by atoms with E-state index in [0.717, 1.165) is 13.0 Å². The first-order valence-corrected chi connectivity index (χ1v) is 14.8. The van der Waals surface area contributed by atoms with E-state index >= 15 is 0 Å². The van der Waals surface area contributed by atoms with E-state index in [4.69, 9.17) is 18.5 Å². The topological polar surface area (TPSA) is 80.9 Å². The summed E-state index contributed by atoms with van der Waals surface area (Å²) in [5, 5.41) is 0. The van der Waals surface area contributed by atoms with E-state index in [0.29, 0.717) is 19.8 Å². The molecule has 34 heavy (non-hydrogen) atoms. The molecule has 198 valence electrons. The molecule has 0 saturated heterocycles. The van der Waals surface area contributed by atoms with E-state index in [9.17, 15) is 9.46 Å². The number of nitrogens with zero attached hydrogens (tertiary/aromatic N) is 1. The zero-order valence-corrected chi connectivity index (χ0v) is 22.3. The summed E-state index contributed by atoms with van der Waals surface area (Å²) in [7, 11) is -4.30. The molecule has 7 nitrogen and oxygen atoms in total. The van der Waals surface area contributed by atoms with E-state index in [1.807, 2.05) is 35.2 Å². The van der Waals surface area contributed by atoms with Crippen LogP contribution in [0.1, 0.15) is 90.4 Å². The molecule has 1 heterocycles. The molecule has 0 spiro atoms. The van der Waals surface area contributed by atoms with Crippen LogP contribution in [-0.4, -0.2) is 39.6 Å². The zero-order chi connectivity index (χ0) is 24.6. The lowest BCUT2D eigenvalue weighted by Gasteiger charge is -2.21. The summed E-state index contributed by atoms with van der Waals surface area (Å²) in [4.78, 5) is 11.7. The Bertz CT molecular complexity index is 604. The summed E-state index contributed by atoms with van der Waals surface area (Å²) in [5.74, 6) is 0. The number of hydrogen-bond acceptors (Lipinski definition) is 6. The van der Waals surface area contributed by atoms with Crippen LogP contribution in [0, 0.1) is 0 Å². The Balaban J connectivity index is 1.77. The number of unbranched alkanes of at least 4 members (excludes halogenated alkanes) is 12. The molecular weight excluding hydrogens is 453 g/mol. The quantitative estimate of drug-likeness (QED) is 0.0986. The monoisotopic (exact) mass is 501 g/mol. The molecular formula is C26H48NO6P. The fourth-order valence-corrected chi connectivity index (χ4v) is 4.31. The van der Waals surface area contributed by atoms with Crippen molar-refractivity contribution in [1.29, 1.82) is 0 Å². The Hall–Kier alpha value is -0.820. The number of pyridine rings is 1. The van der Waals surface area contributed by atoms with E-state index in [2.05, 4.69) is 6.92 Å². The number of hydrogen-bond donors (Lipinski definition) is 0. The highest BCUT2D eigenvalue weighted by molar-refractivity contribution is 7.45. The van der Waals surface area contributed by atoms with Gasteiger partial charge in [0.15, 0.2) is 18.9 Å². The summed E-state index contributed by atoms with van der Waals surface area (Å²) in [6.45, 7) is 4.55. The molecule has 0 saturated carbocycles. The fraction of sp³-hybridized carbons (Fsp3) is 0.808. The van der Waals surface area contributed by atoms with Crippen LogP contribution in [0.25, 0.3) is 0 Å². The molecule has 0 radical (unpaired) electrons. The number of rotatable bonds is 25. The maximum Gasteiger partial charge on any atom is 0.268 e. The van der Waals surface area contributed by atoms with Crippen molar-refractivity contribution in [2.24, 2.45) is 0 Å². The Labute approximate surface area is 207 Å². The molecule has 0 amide bonds. The van der Waals surface area contributed by atoms with Gasteiger partial charge in [0.05, 0.1) is 26.4 Å². The van der Waals surface area contributed by atoms with Gasteiger partial charge in [-0.15, -0.1) is 0 Å². The van der Waals surface area contributed by atoms with Crippen LogP contribution in [0.15, 0.2) is 30.6 Å². The fourth-order valence-electron chi connectivity index (χ4n) is 3.63. The van der Waals surface area contributed by atoms with Crippen LogP contribution < -0.4 is 9.46 Å². The Kier molecular flexibility index (Phi) is 20.8. The lowest BCUT2D eigenvalue weighted by molar-refractivity contribution is -0.697. The predicted molar refractivity (Wildman–Crippen MR) is 133 cm³/mol. The van der Waals surface area contributed by atoms with Gasteiger partial charge in [0.1, 0.15) is 6.61 Å². The molecule has 0 aliphatic rings. The van der Waals surface area contributed by atoms with Crippen molar-refractivity contribution in [2.75, 3.05) is 39.6 Å². The largest absolute Gasteiger partial charge is 0.756 e. The van der Waals surface area contributed by atoms with Crippen LogP contribution in [0.2, 0.25) is 0 Å². The van der Waals surface area contributed by atoms with Crippen molar-refractivity contribution >= 4 is 7.82 Å². The van der Waals surface area contributed by atoms with Gasteiger partial charge in [0.25, 0.3) is 7.82 Å². The standard InChI is InChI=1S/C26H48NO6P/c1-2-3-4-5-6-7-8-9-10-11-12-13-17-21-30-23-24-31-25-26-33-34(28,29)32-22-20-27-18-15-14-16-19-27/h14-16,18-19H,2-13,17,20-26H2,1H3. The molecule has 0 fully saturated rings. The van der Waals surface area contributed by atoms with Crippen LogP contribution in [0.4, 0.5) is 0 Å². The second kappa shape index (κ2) is 22.6. The van der Waals surface area contributed by atoms with Crippen molar-refractivity contribution in [3.63, 3.8) is 0 Å². The van der Waals surface area contributed by atoms with Crippen LogP contribution in [0.3, 0.4) is 0 Å². The molecule has 8 heteroatoms. The molecule has 1 aromatic rings. The van der Waals surface area contributed by atoms with Gasteiger partial charge in [0, 0.05) is 18.7 Å². The van der Waals surface area contributed by atoms with Gasteiger partial charge in [-0.25, -0.2) is 4.57 Å². The van der Waals surface area contributed by atoms with Crippen molar-refractivity contribution < 1.29 is 32.5 Å².